The van der Waals surface area contributed by atoms with Gasteiger partial charge in [0, 0.05) is 37.8 Å². The van der Waals surface area contributed by atoms with E-state index < -0.39 is 5.97 Å². The van der Waals surface area contributed by atoms with Crippen molar-refractivity contribution in [2.75, 3.05) is 44.0 Å². The molecule has 1 aromatic carbocycles. The maximum Gasteiger partial charge on any atom is 0.369 e. The standard InChI is InChI=1S/C25H33N5O3S2/c1-7-33-24(31)23-27-30-22(18(3)26-25(30)34-23)19(10-8-9-15-32-6)16-17(2)35-28-20-11-13-21(14-12-20)29(4)5/h8-9,11-14,16-17,28H,7,10,15H2,1-6H3/b9-8-,19-16+. The quantitative estimate of drug-likeness (QED) is 0.193. The van der Waals surface area contributed by atoms with Gasteiger partial charge < -0.3 is 19.1 Å². The van der Waals surface area contributed by atoms with Gasteiger partial charge in [0.2, 0.25) is 9.97 Å². The Kier molecular flexibility index (Phi) is 9.76. The van der Waals surface area contributed by atoms with Crippen molar-refractivity contribution in [1.82, 2.24) is 14.6 Å². The Balaban J connectivity index is 1.85. The van der Waals surface area contributed by atoms with Gasteiger partial charge in [0.1, 0.15) is 0 Å². The van der Waals surface area contributed by atoms with E-state index in [9.17, 15) is 4.79 Å². The number of carbonyl (C=O) groups excluding carboxylic acids is 1. The fourth-order valence-corrected chi connectivity index (χ4v) is 4.95. The van der Waals surface area contributed by atoms with Crippen LogP contribution in [0.1, 0.15) is 41.5 Å². The monoisotopic (exact) mass is 515 g/mol. The van der Waals surface area contributed by atoms with E-state index in [4.69, 9.17) is 9.47 Å². The molecule has 0 fully saturated rings. The van der Waals surface area contributed by atoms with Gasteiger partial charge in [-0.05, 0) is 69.0 Å². The number of fused-ring (bicyclic) bond motifs is 1. The number of hydrogen-bond acceptors (Lipinski definition) is 9. The van der Waals surface area contributed by atoms with Crippen LogP contribution in [0.5, 0.6) is 0 Å². The molecular formula is C25H33N5O3S2. The Morgan fingerprint density at radius 2 is 2.03 bits per heavy atom. The number of anilines is 2. The van der Waals surface area contributed by atoms with Crippen molar-refractivity contribution in [1.29, 1.82) is 0 Å². The summed E-state index contributed by atoms with van der Waals surface area (Å²) in [4.78, 5) is 19.6. The molecular weight excluding hydrogens is 482 g/mol. The van der Waals surface area contributed by atoms with Crippen LogP contribution in [0.3, 0.4) is 0 Å². The largest absolute Gasteiger partial charge is 0.461 e. The highest BCUT2D eigenvalue weighted by atomic mass is 32.2. The molecule has 35 heavy (non-hydrogen) atoms. The molecule has 0 radical (unpaired) electrons. The third-order valence-corrected chi connectivity index (χ3v) is 6.83. The van der Waals surface area contributed by atoms with Crippen LogP contribution in [0, 0.1) is 6.92 Å². The average Bonchev–Trinajstić information content (AvgIpc) is 3.37. The molecule has 8 nitrogen and oxygen atoms in total. The fraction of sp³-hybridized carbons (Fsp3) is 0.400. The molecule has 2 heterocycles. The molecule has 0 aliphatic carbocycles. The number of carbonyl (C=O) groups is 1. The highest BCUT2D eigenvalue weighted by Gasteiger charge is 2.21. The van der Waals surface area contributed by atoms with Crippen molar-refractivity contribution in [3.63, 3.8) is 0 Å². The molecule has 0 aliphatic rings. The maximum absolute atomic E-state index is 12.2. The van der Waals surface area contributed by atoms with E-state index in [0.717, 1.165) is 28.3 Å². The van der Waals surface area contributed by atoms with Crippen LogP contribution in [0.2, 0.25) is 0 Å². The predicted octanol–water partition coefficient (Wildman–Crippen LogP) is 5.47. The van der Waals surface area contributed by atoms with Crippen molar-refractivity contribution >= 4 is 51.2 Å². The summed E-state index contributed by atoms with van der Waals surface area (Å²) in [6.45, 7) is 6.75. The third kappa shape index (κ3) is 7.09. The normalized spacial score (nSPS) is 12.9. The van der Waals surface area contributed by atoms with E-state index >= 15 is 0 Å². The molecule has 0 amide bonds. The van der Waals surface area contributed by atoms with Gasteiger partial charge in [0.05, 0.1) is 24.6 Å². The van der Waals surface area contributed by atoms with Crippen molar-refractivity contribution in [2.45, 2.75) is 32.4 Å². The lowest BCUT2D eigenvalue weighted by molar-refractivity contribution is 0.0524. The summed E-state index contributed by atoms with van der Waals surface area (Å²) >= 11 is 2.87. The molecule has 0 saturated heterocycles. The first-order valence-corrected chi connectivity index (χ1v) is 13.1. The molecule has 0 bridgehead atoms. The number of hydrogen-bond donors (Lipinski definition) is 1. The zero-order chi connectivity index (χ0) is 25.4. The molecule has 1 unspecified atom stereocenters. The molecule has 3 rings (SSSR count). The number of imidazole rings is 1. The number of allylic oxidation sites excluding steroid dienone is 2. The Morgan fingerprint density at radius 1 is 1.29 bits per heavy atom. The Labute approximate surface area is 215 Å². The molecule has 188 valence electrons. The SMILES string of the molecule is CCOC(=O)c1nn2c(/C(=C/C(C)SNc3ccc(N(C)C)cc3)C/C=C\COC)c(C)nc2s1. The molecule has 0 saturated carbocycles. The molecule has 0 spiro atoms. The molecule has 1 N–H and O–H groups in total. The zero-order valence-corrected chi connectivity index (χ0v) is 22.7. The first kappa shape index (κ1) is 26.8. The Hall–Kier alpha value is -2.82. The average molecular weight is 516 g/mol. The number of benzene rings is 1. The second-order valence-corrected chi connectivity index (χ2v) is 10.2. The van der Waals surface area contributed by atoms with Gasteiger partial charge in [-0.15, -0.1) is 5.10 Å². The van der Waals surface area contributed by atoms with Gasteiger partial charge in [-0.25, -0.2) is 14.3 Å². The summed E-state index contributed by atoms with van der Waals surface area (Å²) < 4.78 is 15.5. The molecule has 2 aromatic heterocycles. The van der Waals surface area contributed by atoms with E-state index in [0.29, 0.717) is 29.6 Å². The maximum atomic E-state index is 12.2. The molecule has 10 heteroatoms. The fourth-order valence-electron chi connectivity index (χ4n) is 3.42. The summed E-state index contributed by atoms with van der Waals surface area (Å²) in [5.41, 5.74) is 5.05. The second kappa shape index (κ2) is 12.8. The van der Waals surface area contributed by atoms with E-state index in [1.807, 2.05) is 27.1 Å². The number of aryl methyl sites for hydroxylation is 1. The van der Waals surface area contributed by atoms with Crippen LogP contribution >= 0.6 is 23.3 Å². The summed E-state index contributed by atoms with van der Waals surface area (Å²) in [6, 6.07) is 8.32. The Morgan fingerprint density at radius 3 is 2.69 bits per heavy atom. The summed E-state index contributed by atoms with van der Waals surface area (Å²) in [5.74, 6) is -0.425. The smallest absolute Gasteiger partial charge is 0.369 e. The lowest BCUT2D eigenvalue weighted by Gasteiger charge is -2.15. The van der Waals surface area contributed by atoms with Crippen LogP contribution in [0.25, 0.3) is 10.5 Å². The van der Waals surface area contributed by atoms with Crippen molar-refractivity contribution in [3.05, 3.63) is 58.9 Å². The van der Waals surface area contributed by atoms with Gasteiger partial charge in [-0.1, -0.05) is 29.6 Å². The van der Waals surface area contributed by atoms with E-state index in [2.05, 4.69) is 63.0 Å². The van der Waals surface area contributed by atoms with Gasteiger partial charge >= 0.3 is 5.97 Å². The molecule has 3 aromatic rings. The minimum atomic E-state index is -0.425. The number of rotatable bonds is 12. The number of ether oxygens (including phenoxy) is 2. The van der Waals surface area contributed by atoms with Crippen molar-refractivity contribution in [3.8, 4) is 0 Å². The van der Waals surface area contributed by atoms with Crippen LogP contribution in [0.4, 0.5) is 11.4 Å². The lowest BCUT2D eigenvalue weighted by atomic mass is 10.1. The highest BCUT2D eigenvalue weighted by Crippen LogP contribution is 2.29. The van der Waals surface area contributed by atoms with E-state index in [-0.39, 0.29) is 5.25 Å². The van der Waals surface area contributed by atoms with Crippen LogP contribution < -0.4 is 9.62 Å². The predicted molar refractivity (Wildman–Crippen MR) is 147 cm³/mol. The third-order valence-electron chi connectivity index (χ3n) is 5.08. The van der Waals surface area contributed by atoms with E-state index in [1.165, 1.54) is 11.3 Å². The zero-order valence-electron chi connectivity index (χ0n) is 21.1. The van der Waals surface area contributed by atoms with E-state index in [1.54, 1.807) is 30.5 Å². The number of methoxy groups -OCH3 is 1. The first-order chi connectivity index (χ1) is 16.8. The number of esters is 1. The first-order valence-electron chi connectivity index (χ1n) is 11.4. The van der Waals surface area contributed by atoms with Gasteiger partial charge in [-0.3, -0.25) is 0 Å². The number of aromatic nitrogens is 3. The number of nitrogens with one attached hydrogen (secondary N) is 1. The highest BCUT2D eigenvalue weighted by molar-refractivity contribution is 8.01. The van der Waals surface area contributed by atoms with Gasteiger partial charge in [0.15, 0.2) is 0 Å². The van der Waals surface area contributed by atoms with Gasteiger partial charge in [0.25, 0.3) is 0 Å². The lowest BCUT2D eigenvalue weighted by Crippen LogP contribution is -2.08. The second-order valence-electron chi connectivity index (χ2n) is 8.06. The van der Waals surface area contributed by atoms with Crippen LogP contribution in [0.15, 0.2) is 42.5 Å². The van der Waals surface area contributed by atoms with Crippen LogP contribution in [-0.2, 0) is 9.47 Å². The van der Waals surface area contributed by atoms with Crippen molar-refractivity contribution < 1.29 is 14.3 Å². The minimum Gasteiger partial charge on any atom is -0.461 e. The Bertz CT molecular complexity index is 1180. The molecule has 0 aliphatic heterocycles. The number of nitrogens with zero attached hydrogens (tertiary/aromatic N) is 4. The minimum absolute atomic E-state index is 0.155. The summed E-state index contributed by atoms with van der Waals surface area (Å²) in [5, 5.41) is 4.98. The van der Waals surface area contributed by atoms with Crippen molar-refractivity contribution in [2.24, 2.45) is 0 Å². The summed E-state index contributed by atoms with van der Waals surface area (Å²) in [7, 11) is 5.73. The molecule has 1 atom stereocenters. The summed E-state index contributed by atoms with van der Waals surface area (Å²) in [6.07, 6.45) is 6.97. The topological polar surface area (TPSA) is 81.0 Å². The van der Waals surface area contributed by atoms with Gasteiger partial charge in [-0.2, -0.15) is 0 Å². The van der Waals surface area contributed by atoms with Crippen LogP contribution in [-0.4, -0.2) is 60.2 Å².